The van der Waals surface area contributed by atoms with Gasteiger partial charge in [-0.05, 0) is 42.7 Å². The summed E-state index contributed by atoms with van der Waals surface area (Å²) >= 11 is 0. The van der Waals surface area contributed by atoms with Gasteiger partial charge in [-0.2, -0.15) is 5.26 Å². The summed E-state index contributed by atoms with van der Waals surface area (Å²) in [6, 6.07) is 18.1. The summed E-state index contributed by atoms with van der Waals surface area (Å²) in [5.41, 5.74) is 1.20. The highest BCUT2D eigenvalue weighted by Gasteiger charge is 2.51. The quantitative estimate of drug-likeness (QED) is 0.713. The summed E-state index contributed by atoms with van der Waals surface area (Å²) in [4.78, 5) is 44.0. The number of anilines is 1. The van der Waals surface area contributed by atoms with Gasteiger partial charge in [0, 0.05) is 31.9 Å². The van der Waals surface area contributed by atoms with Crippen LogP contribution in [-0.4, -0.2) is 60.4 Å². The van der Waals surface area contributed by atoms with Gasteiger partial charge in [0.15, 0.2) is 0 Å². The number of nitriles is 1. The third-order valence-electron chi connectivity index (χ3n) is 6.48. The van der Waals surface area contributed by atoms with E-state index in [9.17, 15) is 14.4 Å². The van der Waals surface area contributed by atoms with Crippen LogP contribution in [-0.2, 0) is 15.1 Å². The maximum Gasteiger partial charge on any atom is 0.325 e. The molecule has 4 amide bonds. The van der Waals surface area contributed by atoms with Gasteiger partial charge in [0.1, 0.15) is 12.1 Å². The summed E-state index contributed by atoms with van der Waals surface area (Å²) in [5, 5.41) is 11.8. The smallest absolute Gasteiger partial charge is 0.325 e. The van der Waals surface area contributed by atoms with Gasteiger partial charge in [0.05, 0.1) is 11.6 Å². The van der Waals surface area contributed by atoms with Crippen molar-refractivity contribution < 1.29 is 14.4 Å². The molecule has 8 nitrogen and oxygen atoms in total. The minimum absolute atomic E-state index is 0.236. The largest absolute Gasteiger partial charge is 0.370 e. The van der Waals surface area contributed by atoms with Crippen molar-refractivity contribution in [2.45, 2.75) is 25.3 Å². The Kier molecular flexibility index (Phi) is 6.31. The molecule has 0 aromatic heterocycles. The molecule has 170 valence electrons. The second-order valence-corrected chi connectivity index (χ2v) is 8.33. The molecule has 1 atom stereocenters. The normalized spacial score (nSPS) is 20.9. The van der Waals surface area contributed by atoms with Crippen LogP contribution in [0.4, 0.5) is 10.5 Å². The molecule has 1 unspecified atom stereocenters. The highest BCUT2D eigenvalue weighted by molar-refractivity contribution is 6.09. The average Bonchev–Trinajstić information content (AvgIpc) is 3.01. The number of carbonyl (C=O) groups excluding carboxylic acids is 3. The van der Waals surface area contributed by atoms with Gasteiger partial charge in [0.25, 0.3) is 5.91 Å². The minimum Gasteiger partial charge on any atom is -0.370 e. The second kappa shape index (κ2) is 9.33. The Balaban J connectivity index is 1.42. The summed E-state index contributed by atoms with van der Waals surface area (Å²) in [6.07, 6.45) is 1.17. The van der Waals surface area contributed by atoms with Gasteiger partial charge in [-0.1, -0.05) is 37.3 Å². The predicted molar refractivity (Wildman–Crippen MR) is 123 cm³/mol. The van der Waals surface area contributed by atoms with Crippen molar-refractivity contribution in [2.75, 3.05) is 37.6 Å². The Morgan fingerprint density at radius 3 is 2.42 bits per heavy atom. The monoisotopic (exact) mass is 445 g/mol. The molecule has 0 saturated carbocycles. The topological polar surface area (TPSA) is 96.8 Å². The minimum atomic E-state index is -1.14. The first kappa shape index (κ1) is 22.3. The third kappa shape index (κ3) is 4.27. The standard InChI is InChI=1S/C25H27N5O3/c1-2-25(20-7-4-3-5-8-20)23(32)30(24(33)27-25)18-22(31)29-14-6-13-28(15-16-29)21-11-9-19(17-26)10-12-21/h3-5,7-12H,2,6,13-16,18H2,1H3,(H,27,33). The van der Waals surface area contributed by atoms with Gasteiger partial charge in [-0.15, -0.1) is 0 Å². The molecule has 33 heavy (non-hydrogen) atoms. The van der Waals surface area contributed by atoms with Crippen LogP contribution in [0, 0.1) is 11.3 Å². The van der Waals surface area contributed by atoms with Crippen molar-refractivity contribution in [2.24, 2.45) is 0 Å². The van der Waals surface area contributed by atoms with Crippen LogP contribution < -0.4 is 10.2 Å². The number of imide groups is 1. The molecule has 4 rings (SSSR count). The van der Waals surface area contributed by atoms with E-state index in [4.69, 9.17) is 5.26 Å². The van der Waals surface area contributed by atoms with Gasteiger partial charge < -0.3 is 15.1 Å². The highest BCUT2D eigenvalue weighted by Crippen LogP contribution is 2.32. The van der Waals surface area contributed by atoms with Crippen molar-refractivity contribution in [3.63, 3.8) is 0 Å². The molecule has 2 fully saturated rings. The first-order chi connectivity index (χ1) is 16.0. The van der Waals surface area contributed by atoms with Gasteiger partial charge in [-0.3, -0.25) is 14.5 Å². The zero-order chi connectivity index (χ0) is 23.4. The second-order valence-electron chi connectivity index (χ2n) is 8.33. The van der Waals surface area contributed by atoms with E-state index in [1.54, 1.807) is 17.0 Å². The fourth-order valence-electron chi connectivity index (χ4n) is 4.54. The molecule has 0 radical (unpaired) electrons. The van der Waals surface area contributed by atoms with E-state index in [1.807, 2.05) is 49.4 Å². The number of hydrogen-bond acceptors (Lipinski definition) is 5. The molecule has 0 bridgehead atoms. The van der Waals surface area contributed by atoms with Crippen molar-refractivity contribution in [1.29, 1.82) is 5.26 Å². The molecule has 2 aromatic carbocycles. The van der Waals surface area contributed by atoms with Crippen LogP contribution in [0.25, 0.3) is 0 Å². The number of carbonyl (C=O) groups is 3. The van der Waals surface area contributed by atoms with E-state index in [1.165, 1.54) is 0 Å². The van der Waals surface area contributed by atoms with Crippen molar-refractivity contribution in [1.82, 2.24) is 15.1 Å². The molecule has 2 saturated heterocycles. The summed E-state index contributed by atoms with van der Waals surface area (Å²) < 4.78 is 0. The van der Waals surface area contributed by atoms with Gasteiger partial charge in [-0.25, -0.2) is 4.79 Å². The fourth-order valence-corrected chi connectivity index (χ4v) is 4.54. The average molecular weight is 446 g/mol. The molecular weight excluding hydrogens is 418 g/mol. The number of nitrogens with zero attached hydrogens (tertiary/aromatic N) is 4. The number of urea groups is 1. The van der Waals surface area contributed by atoms with Crippen molar-refractivity contribution >= 4 is 23.5 Å². The molecule has 2 aromatic rings. The Morgan fingerprint density at radius 2 is 1.76 bits per heavy atom. The molecule has 1 N–H and O–H groups in total. The first-order valence-corrected chi connectivity index (χ1v) is 11.2. The van der Waals surface area contributed by atoms with Crippen LogP contribution in [0.3, 0.4) is 0 Å². The van der Waals surface area contributed by atoms with Crippen molar-refractivity contribution in [3.8, 4) is 6.07 Å². The lowest BCUT2D eigenvalue weighted by molar-refractivity contribution is -0.139. The van der Waals surface area contributed by atoms with E-state index in [0.717, 1.165) is 23.6 Å². The van der Waals surface area contributed by atoms with Gasteiger partial charge >= 0.3 is 6.03 Å². The van der Waals surface area contributed by atoms with E-state index >= 15 is 0 Å². The van der Waals surface area contributed by atoms with Crippen LogP contribution in [0.1, 0.15) is 30.9 Å². The lowest BCUT2D eigenvalue weighted by Gasteiger charge is -2.27. The molecule has 2 aliphatic rings. The SMILES string of the molecule is CCC1(c2ccccc2)NC(=O)N(CC(=O)N2CCCN(c3ccc(C#N)cc3)CC2)C1=O. The Morgan fingerprint density at radius 1 is 1.03 bits per heavy atom. The van der Waals surface area contributed by atoms with Crippen LogP contribution >= 0.6 is 0 Å². The Labute approximate surface area is 193 Å². The van der Waals surface area contributed by atoms with E-state index in [0.29, 0.717) is 37.2 Å². The van der Waals surface area contributed by atoms with Crippen LogP contribution in [0.2, 0.25) is 0 Å². The molecule has 2 heterocycles. The predicted octanol–water partition coefficient (Wildman–Crippen LogP) is 2.45. The molecular formula is C25H27N5O3. The lowest BCUT2D eigenvalue weighted by atomic mass is 9.87. The number of hydrogen-bond donors (Lipinski definition) is 1. The Bertz CT molecular complexity index is 1080. The fraction of sp³-hybridized carbons (Fsp3) is 0.360. The van der Waals surface area contributed by atoms with Crippen LogP contribution in [0.15, 0.2) is 54.6 Å². The van der Waals surface area contributed by atoms with Crippen LogP contribution in [0.5, 0.6) is 0 Å². The molecule has 2 aliphatic heterocycles. The first-order valence-electron chi connectivity index (χ1n) is 11.2. The van der Waals surface area contributed by atoms with Crippen molar-refractivity contribution in [3.05, 3.63) is 65.7 Å². The maximum atomic E-state index is 13.3. The molecule has 0 aliphatic carbocycles. The summed E-state index contributed by atoms with van der Waals surface area (Å²) in [7, 11) is 0. The van der Waals surface area contributed by atoms with E-state index in [-0.39, 0.29) is 18.4 Å². The lowest BCUT2D eigenvalue weighted by Crippen LogP contribution is -2.46. The van der Waals surface area contributed by atoms with Gasteiger partial charge in [0.2, 0.25) is 5.91 Å². The summed E-state index contributed by atoms with van der Waals surface area (Å²) in [5.74, 6) is -0.622. The maximum absolute atomic E-state index is 13.3. The zero-order valence-electron chi connectivity index (χ0n) is 18.7. The molecule has 0 spiro atoms. The number of nitrogens with one attached hydrogen (secondary N) is 1. The van der Waals surface area contributed by atoms with E-state index < -0.39 is 11.6 Å². The number of benzene rings is 2. The Hall–Kier alpha value is -3.86. The number of rotatable bonds is 5. The highest BCUT2D eigenvalue weighted by atomic mass is 16.2. The summed E-state index contributed by atoms with van der Waals surface area (Å²) in [6.45, 7) is 4.07. The zero-order valence-corrected chi connectivity index (χ0v) is 18.7. The molecule has 8 heteroatoms. The third-order valence-corrected chi connectivity index (χ3v) is 6.48. The van der Waals surface area contributed by atoms with E-state index in [2.05, 4.69) is 16.3 Å². The number of amides is 4.